The van der Waals surface area contributed by atoms with Crippen LogP contribution in [0.4, 0.5) is 5.69 Å². The first-order chi connectivity index (χ1) is 28.0. The minimum absolute atomic E-state index is 0.000815. The van der Waals surface area contributed by atoms with E-state index in [0.717, 1.165) is 11.1 Å². The average molecular weight is 804 g/mol. The van der Waals surface area contributed by atoms with Gasteiger partial charge in [-0.05, 0) is 58.2 Å². The number of carbonyl (C=O) groups excluding carboxylic acids is 5. The Labute approximate surface area is 340 Å². The summed E-state index contributed by atoms with van der Waals surface area (Å²) in [7, 11) is 0. The lowest BCUT2D eigenvalue weighted by Crippen LogP contribution is -2.59. The summed E-state index contributed by atoms with van der Waals surface area (Å²) in [4.78, 5) is 81.2. The van der Waals surface area contributed by atoms with E-state index in [1.807, 2.05) is 66.1 Å². The molecule has 14 heteroatoms. The van der Waals surface area contributed by atoms with E-state index in [-0.39, 0.29) is 36.6 Å². The Balaban J connectivity index is 1.34. The summed E-state index contributed by atoms with van der Waals surface area (Å²) in [5.41, 5.74) is 4.12. The molecule has 300 valence electrons. The first-order valence-electron chi connectivity index (χ1n) is 19.0. The molecule has 0 radical (unpaired) electrons. The number of aliphatic carboxylic acids is 1. The lowest BCUT2D eigenvalue weighted by atomic mass is 9.99. The minimum atomic E-state index is -1.76. The zero-order chi connectivity index (χ0) is 41.0. The number of anilines is 1. The first-order valence-corrected chi connectivity index (χ1v) is 19.9. The molecule has 6 atom stereocenters. The number of carbonyl (C=O) groups is 6. The number of allylic oxidation sites excluding steroid dienone is 1. The highest BCUT2D eigenvalue weighted by molar-refractivity contribution is 8.03. The van der Waals surface area contributed by atoms with Crippen LogP contribution in [-0.4, -0.2) is 81.2 Å². The van der Waals surface area contributed by atoms with Gasteiger partial charge in [-0.1, -0.05) is 103 Å². The van der Waals surface area contributed by atoms with Crippen LogP contribution in [0.3, 0.4) is 0 Å². The van der Waals surface area contributed by atoms with Gasteiger partial charge in [0.1, 0.15) is 30.3 Å². The summed E-state index contributed by atoms with van der Waals surface area (Å²) >= 11 is 1.50. The largest absolute Gasteiger partial charge is 0.480 e. The molecule has 5 amide bonds. The number of hydrogen-bond donors (Lipinski definition) is 7. The van der Waals surface area contributed by atoms with Gasteiger partial charge in [0.15, 0.2) is 0 Å². The Bertz CT molecular complexity index is 2110. The molecule has 4 aromatic rings. The number of amides is 5. The lowest BCUT2D eigenvalue weighted by Gasteiger charge is -2.27. The highest BCUT2D eigenvalue weighted by atomic mass is 32.2. The molecular formula is C44H45N5O8S. The summed E-state index contributed by atoms with van der Waals surface area (Å²) in [6.45, 7) is 0. The molecule has 3 aliphatic heterocycles. The van der Waals surface area contributed by atoms with E-state index in [2.05, 4.69) is 26.6 Å². The molecule has 0 aliphatic carbocycles. The van der Waals surface area contributed by atoms with Crippen LogP contribution in [0.15, 0.2) is 121 Å². The van der Waals surface area contributed by atoms with Gasteiger partial charge in [0.2, 0.25) is 23.6 Å². The monoisotopic (exact) mass is 803 g/mol. The van der Waals surface area contributed by atoms with Crippen LogP contribution in [0.1, 0.15) is 36.0 Å². The number of nitrogens with one attached hydrogen (secondary N) is 5. The fourth-order valence-corrected chi connectivity index (χ4v) is 7.74. The van der Waals surface area contributed by atoms with Gasteiger partial charge in [-0.25, -0.2) is 4.79 Å². The molecule has 2 bridgehead atoms. The van der Waals surface area contributed by atoms with Crippen molar-refractivity contribution < 1.29 is 39.0 Å². The molecule has 0 spiro atoms. The summed E-state index contributed by atoms with van der Waals surface area (Å²) in [6, 6.07) is 27.2. The number of benzene rings is 4. The molecule has 1 unspecified atom stereocenters. The van der Waals surface area contributed by atoms with Crippen LogP contribution in [0.25, 0.3) is 11.1 Å². The van der Waals surface area contributed by atoms with E-state index in [9.17, 15) is 39.0 Å². The van der Waals surface area contributed by atoms with Crippen molar-refractivity contribution in [2.75, 3.05) is 5.32 Å². The molecule has 0 saturated carbocycles. The summed E-state index contributed by atoms with van der Waals surface area (Å²) in [5.74, 6) is -5.06. The Morgan fingerprint density at radius 1 is 0.621 bits per heavy atom. The predicted octanol–water partition coefficient (Wildman–Crippen LogP) is 3.52. The van der Waals surface area contributed by atoms with Crippen LogP contribution < -0.4 is 26.6 Å². The van der Waals surface area contributed by atoms with Crippen molar-refractivity contribution in [3.63, 3.8) is 0 Å². The third kappa shape index (κ3) is 11.6. The SMILES string of the molecule is O=C1C[C@@H](O)C(=O)Nc2ccc(cc2)C[C@@H](C(=O)O)NC(=O)[C@@H](Cc2ccccc2)NC(=O)[C@H](Cc2ccc(-c3ccccc3)cc2)NC(=O)[C@@H](CC2CC=CS2)N1. The van der Waals surface area contributed by atoms with Crippen molar-refractivity contribution in [2.45, 2.75) is 74.0 Å². The molecule has 58 heavy (non-hydrogen) atoms. The number of thioether (sulfide) groups is 1. The van der Waals surface area contributed by atoms with Crippen molar-refractivity contribution in [3.05, 3.63) is 137 Å². The smallest absolute Gasteiger partial charge is 0.326 e. The summed E-state index contributed by atoms with van der Waals surface area (Å²) < 4.78 is 0. The lowest BCUT2D eigenvalue weighted by molar-refractivity contribution is -0.142. The van der Waals surface area contributed by atoms with Gasteiger partial charge in [-0.15, -0.1) is 11.8 Å². The fourth-order valence-electron chi connectivity index (χ4n) is 6.77. The number of carboxylic acids is 1. The van der Waals surface area contributed by atoms with Gasteiger partial charge in [-0.3, -0.25) is 24.0 Å². The second-order valence-electron chi connectivity index (χ2n) is 14.3. The number of carboxylic acid groups (broad SMARTS) is 1. The first kappa shape index (κ1) is 41.4. The summed E-state index contributed by atoms with van der Waals surface area (Å²) in [5, 5.41) is 36.1. The zero-order valence-corrected chi connectivity index (χ0v) is 32.3. The van der Waals surface area contributed by atoms with Gasteiger partial charge in [0.25, 0.3) is 5.91 Å². The predicted molar refractivity (Wildman–Crippen MR) is 220 cm³/mol. The normalized spacial score (nSPS) is 23.4. The number of fused-ring (bicyclic) bond motifs is 18. The van der Waals surface area contributed by atoms with Crippen molar-refractivity contribution in [1.82, 2.24) is 21.3 Å². The van der Waals surface area contributed by atoms with E-state index >= 15 is 0 Å². The molecule has 7 N–H and O–H groups in total. The maximum atomic E-state index is 14.4. The molecule has 7 rings (SSSR count). The maximum Gasteiger partial charge on any atom is 0.326 e. The second kappa shape index (κ2) is 19.7. The number of aliphatic hydroxyl groups excluding tert-OH is 1. The second-order valence-corrected chi connectivity index (χ2v) is 15.5. The number of aliphatic hydroxyl groups is 1. The van der Waals surface area contributed by atoms with E-state index in [1.165, 1.54) is 23.9 Å². The van der Waals surface area contributed by atoms with Gasteiger partial charge >= 0.3 is 5.97 Å². The summed E-state index contributed by atoms with van der Waals surface area (Å²) in [6.07, 6.45) is 0.253. The Hall–Kier alpha value is -6.25. The van der Waals surface area contributed by atoms with Crippen molar-refractivity contribution in [3.8, 4) is 11.1 Å². The molecule has 13 nitrogen and oxygen atoms in total. The zero-order valence-electron chi connectivity index (χ0n) is 31.5. The van der Waals surface area contributed by atoms with Gasteiger partial charge in [0, 0.05) is 30.2 Å². The van der Waals surface area contributed by atoms with Gasteiger partial charge in [-0.2, -0.15) is 0 Å². The average Bonchev–Trinajstić information content (AvgIpc) is 3.74. The van der Waals surface area contributed by atoms with Gasteiger partial charge < -0.3 is 36.8 Å². The fraction of sp³-hybridized carbons (Fsp3) is 0.273. The third-order valence-corrected chi connectivity index (χ3v) is 11.0. The molecular weight excluding hydrogens is 759 g/mol. The van der Waals surface area contributed by atoms with Crippen LogP contribution in [0.5, 0.6) is 0 Å². The van der Waals surface area contributed by atoms with Crippen LogP contribution >= 0.6 is 11.8 Å². The molecule has 0 saturated heterocycles. The van der Waals surface area contributed by atoms with E-state index in [4.69, 9.17) is 0 Å². The number of hydrogen-bond acceptors (Lipinski definition) is 8. The highest BCUT2D eigenvalue weighted by Gasteiger charge is 2.34. The molecule has 4 aromatic carbocycles. The van der Waals surface area contributed by atoms with Gasteiger partial charge in [0.05, 0.1) is 6.42 Å². The molecule has 0 fully saturated rings. The Morgan fingerprint density at radius 3 is 1.79 bits per heavy atom. The minimum Gasteiger partial charge on any atom is -0.480 e. The van der Waals surface area contributed by atoms with Crippen molar-refractivity contribution >= 4 is 53.0 Å². The van der Waals surface area contributed by atoms with Crippen LogP contribution in [0, 0.1) is 0 Å². The Morgan fingerprint density at radius 2 is 1.19 bits per heavy atom. The standard InChI is InChI=1S/C44H45N5O8S/c50-38-26-39(51)46-36(25-33-12-7-21-58-33)42(54)48-35(23-28-13-17-31(18-14-28)30-10-5-2-6-11-30)40(52)47-34(22-27-8-3-1-4-9-27)41(53)49-37(44(56)57)24-29-15-19-32(20-16-29)45-43(38)55/h1-11,13-21,33-38,50H,12,22-26H2,(H,45,55)(H,46,51)(H,47,52)(H,48,54)(H,49,53)(H,56,57)/t33?,34-,35+,36-,37+,38-/m1/s1. The number of rotatable bonds is 8. The van der Waals surface area contributed by atoms with E-state index < -0.39 is 72.2 Å². The molecule has 3 aliphatic rings. The van der Waals surface area contributed by atoms with E-state index in [0.29, 0.717) is 23.1 Å². The molecule has 0 aromatic heterocycles. The molecule has 3 heterocycles. The Kier molecular flexibility index (Phi) is 14.1. The van der Waals surface area contributed by atoms with Crippen LogP contribution in [-0.2, 0) is 48.0 Å². The van der Waals surface area contributed by atoms with Crippen LogP contribution in [0.2, 0.25) is 0 Å². The van der Waals surface area contributed by atoms with Crippen molar-refractivity contribution in [2.24, 2.45) is 0 Å². The van der Waals surface area contributed by atoms with E-state index in [1.54, 1.807) is 42.5 Å². The highest BCUT2D eigenvalue weighted by Crippen LogP contribution is 2.28. The quantitative estimate of drug-likeness (QED) is 0.130. The third-order valence-electron chi connectivity index (χ3n) is 9.92. The topological polar surface area (TPSA) is 203 Å². The maximum absolute atomic E-state index is 14.4. The van der Waals surface area contributed by atoms with Crippen molar-refractivity contribution in [1.29, 1.82) is 0 Å².